The molecule has 0 atom stereocenters. The minimum Gasteiger partial charge on any atom is -0.304 e. The quantitative estimate of drug-likeness (QED) is 0.144. The van der Waals surface area contributed by atoms with Crippen LogP contribution in [0.4, 0.5) is 0 Å². The normalized spacial score (nSPS) is 24.1. The predicted molar refractivity (Wildman–Crippen MR) is 166 cm³/mol. The van der Waals surface area contributed by atoms with E-state index in [1.165, 1.54) is 112 Å². The van der Waals surface area contributed by atoms with Crippen molar-refractivity contribution >= 4 is 12.2 Å². The van der Waals surface area contributed by atoms with E-state index in [4.69, 9.17) is 4.18 Å². The van der Waals surface area contributed by atoms with Crippen LogP contribution in [-0.4, -0.2) is 25.0 Å². The third-order valence-corrected chi connectivity index (χ3v) is 10.3. The third-order valence-electron chi connectivity index (χ3n) is 9.67. The summed E-state index contributed by atoms with van der Waals surface area (Å²) in [6, 6.07) is 16.6. The van der Waals surface area contributed by atoms with Crippen molar-refractivity contribution in [2.45, 2.75) is 110 Å². The fourth-order valence-electron chi connectivity index (χ4n) is 7.37. The fraction of sp³-hybridized carbons (Fsp3) is 0.657. The predicted octanol–water partition coefficient (Wildman–Crippen LogP) is 10.4. The molecule has 0 N–H and O–H groups in total. The zero-order valence-electron chi connectivity index (χ0n) is 24.7. The molecule has 0 aromatic heterocycles. The molecule has 0 saturated heterocycles. The van der Waals surface area contributed by atoms with Gasteiger partial charge in [0, 0.05) is 6.54 Å². The van der Waals surface area contributed by atoms with Gasteiger partial charge in [-0.3, -0.25) is 0 Å². The lowest BCUT2D eigenvalue weighted by atomic mass is 9.68. The topological polar surface area (TPSA) is 12.5 Å². The van der Waals surface area contributed by atoms with Gasteiger partial charge in [0.25, 0.3) is 0 Å². The Kier molecular flexibility index (Phi) is 12.1. The van der Waals surface area contributed by atoms with E-state index in [0.29, 0.717) is 0 Å². The number of rotatable bonds is 13. The highest BCUT2D eigenvalue weighted by atomic mass is 32.2. The Bertz CT molecular complexity index is 941. The molecule has 38 heavy (non-hydrogen) atoms. The average molecular weight is 536 g/mol. The average Bonchev–Trinajstić information content (AvgIpc) is 2.94. The Labute approximate surface area is 238 Å². The van der Waals surface area contributed by atoms with E-state index in [9.17, 15) is 0 Å². The lowest BCUT2D eigenvalue weighted by Crippen LogP contribution is -2.25. The fourth-order valence-corrected chi connectivity index (χ4v) is 7.82. The van der Waals surface area contributed by atoms with Crippen molar-refractivity contribution in [3.05, 3.63) is 59.2 Å². The molecule has 210 valence electrons. The smallest absolute Gasteiger partial charge is 0.0813 e. The summed E-state index contributed by atoms with van der Waals surface area (Å²) in [4.78, 5) is 0. The number of benzene rings is 2. The molecular weight excluding hydrogens is 482 g/mol. The molecule has 4 rings (SSSR count). The number of hydrogen-bond donors (Lipinski definition) is 0. The summed E-state index contributed by atoms with van der Waals surface area (Å²) in [6.45, 7) is 5.62. The Balaban J connectivity index is 1.23. The molecule has 0 heterocycles. The lowest BCUT2D eigenvalue weighted by molar-refractivity contribution is 0.155. The lowest BCUT2D eigenvalue weighted by Gasteiger charge is -2.38. The highest BCUT2D eigenvalue weighted by Gasteiger charge is 2.31. The van der Waals surface area contributed by atoms with Gasteiger partial charge in [0.1, 0.15) is 0 Å². The van der Waals surface area contributed by atoms with Gasteiger partial charge in [-0.1, -0.05) is 87.9 Å². The summed E-state index contributed by atoms with van der Waals surface area (Å²) in [7, 11) is 3.81. The summed E-state index contributed by atoms with van der Waals surface area (Å²) < 4.78 is 7.27. The molecular formula is C35H53NOS. The minimum atomic E-state index is 0.767. The maximum atomic E-state index is 5.13. The highest BCUT2D eigenvalue weighted by Crippen LogP contribution is 2.44. The number of hydrogen-bond acceptors (Lipinski definition) is 3. The van der Waals surface area contributed by atoms with Crippen molar-refractivity contribution in [3.8, 4) is 11.1 Å². The Morgan fingerprint density at radius 1 is 0.842 bits per heavy atom. The zero-order chi connectivity index (χ0) is 26.7. The van der Waals surface area contributed by atoms with Gasteiger partial charge in [0.15, 0.2) is 0 Å². The van der Waals surface area contributed by atoms with Crippen LogP contribution in [0.5, 0.6) is 0 Å². The molecule has 2 saturated carbocycles. The van der Waals surface area contributed by atoms with Crippen LogP contribution in [0.15, 0.2) is 42.5 Å². The summed E-state index contributed by atoms with van der Waals surface area (Å²) in [5.74, 6) is 3.84. The molecule has 0 unspecified atom stereocenters. The first kappa shape index (κ1) is 29.7. The van der Waals surface area contributed by atoms with Crippen LogP contribution in [0.1, 0.15) is 113 Å². The first-order valence-corrected chi connectivity index (χ1v) is 16.4. The van der Waals surface area contributed by atoms with E-state index in [1.807, 2.05) is 0 Å². The second-order valence-electron chi connectivity index (χ2n) is 12.4. The van der Waals surface area contributed by atoms with Crippen LogP contribution in [0.25, 0.3) is 11.1 Å². The summed E-state index contributed by atoms with van der Waals surface area (Å²) in [6.07, 6.45) is 19.8. The van der Waals surface area contributed by atoms with Gasteiger partial charge in [-0.15, -0.1) is 0 Å². The maximum absolute atomic E-state index is 5.13. The molecule has 0 radical (unpaired) electrons. The molecule has 0 bridgehead atoms. The molecule has 2 aromatic rings. The summed E-state index contributed by atoms with van der Waals surface area (Å²) in [5, 5.41) is 0. The Morgan fingerprint density at radius 2 is 1.53 bits per heavy atom. The Morgan fingerprint density at radius 3 is 2.16 bits per heavy atom. The highest BCUT2D eigenvalue weighted by molar-refractivity contribution is 7.92. The third kappa shape index (κ3) is 8.60. The zero-order valence-corrected chi connectivity index (χ0v) is 25.5. The largest absolute Gasteiger partial charge is 0.304 e. The standard InChI is InChI=1S/C35H53NOS/c1-5-6-7-9-28-11-14-30(15-12-28)31-16-18-32(19-17-31)33-20-22-34(23-21-33)35-24-13-29(26-27(35)2)10-8-25-36(3)38-37-4/h13,20-24,26,28,30-32H,5-12,14-19,25H2,1-4H3. The summed E-state index contributed by atoms with van der Waals surface area (Å²) in [5.41, 5.74) is 7.12. The van der Waals surface area contributed by atoms with E-state index in [0.717, 1.165) is 43.1 Å². The monoisotopic (exact) mass is 535 g/mol. The van der Waals surface area contributed by atoms with Crippen LogP contribution in [-0.2, 0) is 10.6 Å². The van der Waals surface area contributed by atoms with Gasteiger partial charge < -0.3 is 4.18 Å². The number of aryl methyl sites for hydroxylation is 2. The van der Waals surface area contributed by atoms with Crippen molar-refractivity contribution in [1.82, 2.24) is 4.31 Å². The van der Waals surface area contributed by atoms with Crippen LogP contribution in [0.2, 0.25) is 0 Å². The maximum Gasteiger partial charge on any atom is 0.0813 e. The molecule has 2 nitrogen and oxygen atoms in total. The second kappa shape index (κ2) is 15.5. The minimum absolute atomic E-state index is 0.767. The first-order valence-electron chi connectivity index (χ1n) is 15.7. The van der Waals surface area contributed by atoms with Crippen molar-refractivity contribution in [3.63, 3.8) is 0 Å². The van der Waals surface area contributed by atoms with Gasteiger partial charge in [0.05, 0.1) is 19.3 Å². The van der Waals surface area contributed by atoms with Gasteiger partial charge >= 0.3 is 0 Å². The van der Waals surface area contributed by atoms with Crippen molar-refractivity contribution in [2.75, 3.05) is 20.7 Å². The van der Waals surface area contributed by atoms with Crippen molar-refractivity contribution in [1.29, 1.82) is 0 Å². The van der Waals surface area contributed by atoms with Crippen molar-refractivity contribution in [2.24, 2.45) is 17.8 Å². The molecule has 2 fully saturated rings. The SMILES string of the molecule is CCCCCC1CCC(C2CCC(c3ccc(-c4ccc(CCCN(C)SOC)cc4C)cc3)CC2)CC1. The molecule has 2 aliphatic carbocycles. The molecule has 0 spiro atoms. The molecule has 2 aliphatic rings. The van der Waals surface area contributed by atoms with Crippen LogP contribution >= 0.6 is 12.2 Å². The molecule has 0 amide bonds. The van der Waals surface area contributed by atoms with E-state index in [-0.39, 0.29) is 0 Å². The van der Waals surface area contributed by atoms with E-state index < -0.39 is 0 Å². The molecule has 3 heteroatoms. The van der Waals surface area contributed by atoms with Gasteiger partial charge in [-0.05, 0) is 117 Å². The summed E-state index contributed by atoms with van der Waals surface area (Å²) >= 11 is 1.42. The molecule has 0 aliphatic heterocycles. The van der Waals surface area contributed by atoms with Crippen molar-refractivity contribution < 1.29 is 4.18 Å². The van der Waals surface area contributed by atoms with E-state index >= 15 is 0 Å². The van der Waals surface area contributed by atoms with E-state index in [1.54, 1.807) is 12.7 Å². The number of unbranched alkanes of at least 4 members (excludes halogenated alkanes) is 2. The van der Waals surface area contributed by atoms with E-state index in [2.05, 4.69) is 67.7 Å². The van der Waals surface area contributed by atoms with Gasteiger partial charge in [-0.2, -0.15) is 0 Å². The van der Waals surface area contributed by atoms with Crippen LogP contribution < -0.4 is 0 Å². The van der Waals surface area contributed by atoms with Crippen LogP contribution in [0.3, 0.4) is 0 Å². The Hall–Kier alpha value is -1.29. The number of nitrogens with zero attached hydrogens (tertiary/aromatic N) is 1. The second-order valence-corrected chi connectivity index (χ2v) is 13.5. The van der Waals surface area contributed by atoms with Crippen LogP contribution in [0, 0.1) is 24.7 Å². The van der Waals surface area contributed by atoms with Gasteiger partial charge in [-0.25, -0.2) is 4.31 Å². The first-order chi connectivity index (χ1) is 18.6. The van der Waals surface area contributed by atoms with Gasteiger partial charge in [0.2, 0.25) is 0 Å². The molecule has 2 aromatic carbocycles.